The molecule has 2 unspecified atom stereocenters. The molecule has 1 aliphatic carbocycles. The average Bonchev–Trinajstić information content (AvgIpc) is 2.80. The fourth-order valence-corrected chi connectivity index (χ4v) is 3.40. The zero-order chi connectivity index (χ0) is 14.4. The summed E-state index contributed by atoms with van der Waals surface area (Å²) in [4.78, 5) is 2.52. The van der Waals surface area contributed by atoms with Crippen LogP contribution in [0.1, 0.15) is 59.8 Å². The fourth-order valence-electron chi connectivity index (χ4n) is 3.40. The van der Waals surface area contributed by atoms with E-state index in [4.69, 9.17) is 5.73 Å². The highest BCUT2D eigenvalue weighted by molar-refractivity contribution is 4.89. The third-order valence-corrected chi connectivity index (χ3v) is 4.22. The van der Waals surface area contributed by atoms with Gasteiger partial charge in [-0.2, -0.15) is 0 Å². The molecule has 1 rings (SSSR count). The molecule has 0 aliphatic heterocycles. The molecule has 0 spiro atoms. The van der Waals surface area contributed by atoms with Gasteiger partial charge in [0, 0.05) is 24.7 Å². The lowest BCUT2D eigenvalue weighted by molar-refractivity contribution is 0.0538. The van der Waals surface area contributed by atoms with E-state index in [1.807, 2.05) is 0 Å². The number of hydrogen-bond acceptors (Lipinski definition) is 3. The van der Waals surface area contributed by atoms with Gasteiger partial charge in [0.15, 0.2) is 0 Å². The van der Waals surface area contributed by atoms with Crippen LogP contribution in [-0.4, -0.2) is 41.3 Å². The number of rotatable bonds is 8. The maximum atomic E-state index is 9.83. The van der Waals surface area contributed by atoms with Crippen LogP contribution in [0.5, 0.6) is 0 Å². The van der Waals surface area contributed by atoms with E-state index in [1.165, 1.54) is 25.7 Å². The van der Waals surface area contributed by atoms with Gasteiger partial charge in [0.05, 0.1) is 6.61 Å². The van der Waals surface area contributed by atoms with Crippen LogP contribution in [0.25, 0.3) is 0 Å². The number of nitrogens with zero attached hydrogens (tertiary/aromatic N) is 1. The average molecular weight is 270 g/mol. The normalized spacial score (nSPS) is 20.7. The molecule has 0 saturated heterocycles. The van der Waals surface area contributed by atoms with Gasteiger partial charge in [0.2, 0.25) is 0 Å². The lowest BCUT2D eigenvalue weighted by Gasteiger charge is -2.40. The van der Waals surface area contributed by atoms with Gasteiger partial charge >= 0.3 is 0 Å². The van der Waals surface area contributed by atoms with Gasteiger partial charge in [-0.3, -0.25) is 4.90 Å². The van der Waals surface area contributed by atoms with E-state index in [2.05, 4.69) is 32.6 Å². The van der Waals surface area contributed by atoms with Gasteiger partial charge in [-0.25, -0.2) is 0 Å². The molecular formula is C16H34N2O. The third-order valence-electron chi connectivity index (χ3n) is 4.22. The zero-order valence-corrected chi connectivity index (χ0v) is 13.3. The third kappa shape index (κ3) is 5.41. The minimum atomic E-state index is 0.0874. The lowest BCUT2D eigenvalue weighted by Crippen LogP contribution is -2.54. The van der Waals surface area contributed by atoms with Crippen molar-refractivity contribution in [3.63, 3.8) is 0 Å². The Morgan fingerprint density at radius 2 is 1.68 bits per heavy atom. The van der Waals surface area contributed by atoms with Gasteiger partial charge in [-0.05, 0) is 31.1 Å². The Kier molecular flexibility index (Phi) is 7.33. The van der Waals surface area contributed by atoms with Crippen LogP contribution in [0.3, 0.4) is 0 Å². The highest BCUT2D eigenvalue weighted by Gasteiger charge is 2.32. The second-order valence-corrected chi connectivity index (χ2v) is 7.07. The molecule has 0 aromatic heterocycles. The second kappa shape index (κ2) is 8.23. The fraction of sp³-hybridized carbons (Fsp3) is 1.00. The standard InChI is InChI=1S/C16H34N2O/c1-12(2)9-15(17)16(11-19)18(10-13(3)4)14-7-5-6-8-14/h12-16,19H,5-11,17H2,1-4H3. The smallest absolute Gasteiger partial charge is 0.0602 e. The first-order valence-electron chi connectivity index (χ1n) is 8.07. The van der Waals surface area contributed by atoms with Crippen molar-refractivity contribution < 1.29 is 5.11 Å². The van der Waals surface area contributed by atoms with Crippen molar-refractivity contribution in [2.75, 3.05) is 13.2 Å². The van der Waals surface area contributed by atoms with E-state index in [0.29, 0.717) is 17.9 Å². The number of aliphatic hydroxyl groups excluding tert-OH is 1. The molecule has 1 aliphatic rings. The molecule has 3 N–H and O–H groups in total. The Hall–Kier alpha value is -0.120. The van der Waals surface area contributed by atoms with Crippen molar-refractivity contribution in [2.24, 2.45) is 17.6 Å². The number of nitrogens with two attached hydrogens (primary N) is 1. The van der Waals surface area contributed by atoms with Gasteiger partial charge in [-0.1, -0.05) is 40.5 Å². The maximum absolute atomic E-state index is 9.83. The summed E-state index contributed by atoms with van der Waals surface area (Å²) in [5, 5.41) is 9.83. The van der Waals surface area contributed by atoms with Crippen LogP contribution in [0.4, 0.5) is 0 Å². The van der Waals surface area contributed by atoms with Crippen molar-refractivity contribution in [3.05, 3.63) is 0 Å². The highest BCUT2D eigenvalue weighted by atomic mass is 16.3. The molecule has 0 amide bonds. The Labute approximate surface area is 119 Å². The molecule has 3 heteroatoms. The van der Waals surface area contributed by atoms with Crippen LogP contribution in [0.15, 0.2) is 0 Å². The molecule has 0 heterocycles. The van der Waals surface area contributed by atoms with E-state index in [9.17, 15) is 5.11 Å². The quantitative estimate of drug-likeness (QED) is 0.713. The minimum absolute atomic E-state index is 0.0874. The van der Waals surface area contributed by atoms with E-state index in [1.54, 1.807) is 0 Å². The van der Waals surface area contributed by atoms with Gasteiger partial charge in [0.25, 0.3) is 0 Å². The molecule has 114 valence electrons. The van der Waals surface area contributed by atoms with Crippen LogP contribution in [-0.2, 0) is 0 Å². The second-order valence-electron chi connectivity index (χ2n) is 7.07. The van der Waals surface area contributed by atoms with E-state index in [-0.39, 0.29) is 18.7 Å². The van der Waals surface area contributed by atoms with Crippen LogP contribution < -0.4 is 5.73 Å². The molecule has 1 fully saturated rings. The number of aliphatic hydroxyl groups is 1. The Balaban J connectivity index is 2.73. The summed E-state index contributed by atoms with van der Waals surface area (Å²) in [6.07, 6.45) is 6.20. The molecule has 0 aromatic carbocycles. The Bertz CT molecular complexity index is 237. The van der Waals surface area contributed by atoms with Gasteiger partial charge < -0.3 is 10.8 Å². The monoisotopic (exact) mass is 270 g/mol. The molecule has 1 saturated carbocycles. The van der Waals surface area contributed by atoms with Gasteiger partial charge in [-0.15, -0.1) is 0 Å². The molecule has 0 radical (unpaired) electrons. The molecule has 3 nitrogen and oxygen atoms in total. The van der Waals surface area contributed by atoms with Crippen molar-refractivity contribution in [1.29, 1.82) is 0 Å². The summed E-state index contributed by atoms with van der Waals surface area (Å²) in [5.74, 6) is 1.22. The topological polar surface area (TPSA) is 49.5 Å². The van der Waals surface area contributed by atoms with Crippen molar-refractivity contribution in [2.45, 2.75) is 77.9 Å². The SMILES string of the molecule is CC(C)CC(N)C(CO)N(CC(C)C)C1CCCC1. The first-order chi connectivity index (χ1) is 8.95. The molecule has 0 bridgehead atoms. The van der Waals surface area contributed by atoms with E-state index < -0.39 is 0 Å². The van der Waals surface area contributed by atoms with Crippen molar-refractivity contribution in [3.8, 4) is 0 Å². The summed E-state index contributed by atoms with van der Waals surface area (Å²) in [6, 6.07) is 0.856. The van der Waals surface area contributed by atoms with E-state index in [0.717, 1.165) is 13.0 Å². The van der Waals surface area contributed by atoms with Crippen molar-refractivity contribution in [1.82, 2.24) is 4.90 Å². The summed E-state index contributed by atoms with van der Waals surface area (Å²) in [5.41, 5.74) is 6.37. The largest absolute Gasteiger partial charge is 0.395 e. The predicted molar refractivity (Wildman–Crippen MR) is 82.1 cm³/mol. The summed E-state index contributed by atoms with van der Waals surface area (Å²) in [7, 11) is 0. The van der Waals surface area contributed by atoms with Crippen LogP contribution >= 0.6 is 0 Å². The lowest BCUT2D eigenvalue weighted by atomic mass is 9.95. The summed E-state index contributed by atoms with van der Waals surface area (Å²) < 4.78 is 0. The Morgan fingerprint density at radius 1 is 1.11 bits per heavy atom. The highest BCUT2D eigenvalue weighted by Crippen LogP contribution is 2.27. The van der Waals surface area contributed by atoms with Crippen LogP contribution in [0.2, 0.25) is 0 Å². The molecule has 2 atom stereocenters. The first-order valence-corrected chi connectivity index (χ1v) is 8.07. The van der Waals surface area contributed by atoms with Crippen LogP contribution in [0, 0.1) is 11.8 Å². The molecule has 19 heavy (non-hydrogen) atoms. The van der Waals surface area contributed by atoms with Gasteiger partial charge in [0.1, 0.15) is 0 Å². The minimum Gasteiger partial charge on any atom is -0.395 e. The summed E-state index contributed by atoms with van der Waals surface area (Å²) in [6.45, 7) is 10.2. The zero-order valence-electron chi connectivity index (χ0n) is 13.3. The van der Waals surface area contributed by atoms with Crippen molar-refractivity contribution >= 4 is 0 Å². The maximum Gasteiger partial charge on any atom is 0.0602 e. The Morgan fingerprint density at radius 3 is 2.11 bits per heavy atom. The molecular weight excluding hydrogens is 236 g/mol. The summed E-state index contributed by atoms with van der Waals surface area (Å²) >= 11 is 0. The number of hydrogen-bond donors (Lipinski definition) is 2. The predicted octanol–water partition coefficient (Wildman–Crippen LogP) is 2.62. The molecule has 0 aromatic rings. The van der Waals surface area contributed by atoms with E-state index >= 15 is 0 Å². The first kappa shape index (κ1) is 16.9.